The van der Waals surface area contributed by atoms with Gasteiger partial charge in [-0.05, 0) is 24.0 Å². The summed E-state index contributed by atoms with van der Waals surface area (Å²) in [5.74, 6) is 2.49. The number of methoxy groups -OCH3 is 1. The van der Waals surface area contributed by atoms with Crippen LogP contribution in [0.4, 0.5) is 5.69 Å². The minimum atomic E-state index is 0.650. The normalized spacial score (nSPS) is 12.2. The summed E-state index contributed by atoms with van der Waals surface area (Å²) in [5, 5.41) is 3.37. The van der Waals surface area contributed by atoms with E-state index in [0.717, 1.165) is 12.2 Å². The summed E-state index contributed by atoms with van der Waals surface area (Å²) in [4.78, 5) is 4.05. The first kappa shape index (κ1) is 12.2. The van der Waals surface area contributed by atoms with Crippen LogP contribution in [-0.2, 0) is 0 Å². The summed E-state index contributed by atoms with van der Waals surface area (Å²) >= 11 is 1.88. The maximum atomic E-state index is 5.05. The Balaban J connectivity index is 2.43. The van der Waals surface area contributed by atoms with Crippen LogP contribution in [0.15, 0.2) is 18.3 Å². The van der Waals surface area contributed by atoms with E-state index in [2.05, 4.69) is 23.5 Å². The number of anilines is 1. The zero-order chi connectivity index (χ0) is 11.1. The SMILES string of the molecule is COc1cc(NCC(C)CSC)ccn1. The molecule has 3 nitrogen and oxygen atoms in total. The Morgan fingerprint density at radius 3 is 3.07 bits per heavy atom. The van der Waals surface area contributed by atoms with Gasteiger partial charge in [0.25, 0.3) is 0 Å². The van der Waals surface area contributed by atoms with E-state index in [9.17, 15) is 0 Å². The first-order chi connectivity index (χ1) is 7.26. The van der Waals surface area contributed by atoms with Crippen molar-refractivity contribution in [1.82, 2.24) is 4.98 Å². The summed E-state index contributed by atoms with van der Waals surface area (Å²) in [5.41, 5.74) is 1.06. The van der Waals surface area contributed by atoms with Gasteiger partial charge in [0, 0.05) is 24.5 Å². The molecule has 0 aromatic carbocycles. The predicted octanol–water partition coefficient (Wildman–Crippen LogP) is 2.50. The van der Waals surface area contributed by atoms with E-state index in [1.807, 2.05) is 23.9 Å². The molecule has 1 atom stereocenters. The molecule has 1 aromatic rings. The molecule has 0 saturated carbocycles. The summed E-state index contributed by atoms with van der Waals surface area (Å²) in [6.07, 6.45) is 3.88. The molecular weight excluding hydrogens is 208 g/mol. The molecule has 1 rings (SSSR count). The van der Waals surface area contributed by atoms with Crippen molar-refractivity contribution in [2.75, 3.05) is 31.0 Å². The number of pyridine rings is 1. The van der Waals surface area contributed by atoms with Crippen molar-refractivity contribution in [2.24, 2.45) is 5.92 Å². The van der Waals surface area contributed by atoms with Crippen molar-refractivity contribution in [1.29, 1.82) is 0 Å². The third-order valence-corrected chi connectivity index (χ3v) is 2.95. The Labute approximate surface area is 95.6 Å². The number of rotatable bonds is 6. The molecule has 0 bridgehead atoms. The molecule has 0 radical (unpaired) electrons. The van der Waals surface area contributed by atoms with Crippen LogP contribution in [0, 0.1) is 5.92 Å². The largest absolute Gasteiger partial charge is 0.481 e. The smallest absolute Gasteiger partial charge is 0.214 e. The summed E-state index contributed by atoms with van der Waals surface area (Å²) in [7, 11) is 1.63. The molecule has 0 aliphatic rings. The lowest BCUT2D eigenvalue weighted by atomic mass is 10.2. The first-order valence-electron chi connectivity index (χ1n) is 4.99. The van der Waals surface area contributed by atoms with E-state index in [0.29, 0.717) is 11.8 Å². The van der Waals surface area contributed by atoms with E-state index < -0.39 is 0 Å². The number of aromatic nitrogens is 1. The number of nitrogens with zero attached hydrogens (tertiary/aromatic N) is 1. The van der Waals surface area contributed by atoms with Gasteiger partial charge >= 0.3 is 0 Å². The fourth-order valence-electron chi connectivity index (χ4n) is 1.27. The van der Waals surface area contributed by atoms with Gasteiger partial charge in [0.1, 0.15) is 0 Å². The number of nitrogens with one attached hydrogen (secondary N) is 1. The zero-order valence-electron chi connectivity index (χ0n) is 9.49. The van der Waals surface area contributed by atoms with Gasteiger partial charge < -0.3 is 10.1 Å². The van der Waals surface area contributed by atoms with Crippen LogP contribution in [0.3, 0.4) is 0 Å². The first-order valence-corrected chi connectivity index (χ1v) is 6.38. The molecule has 1 N–H and O–H groups in total. The van der Waals surface area contributed by atoms with Crippen molar-refractivity contribution in [3.63, 3.8) is 0 Å². The molecule has 0 spiro atoms. The molecular formula is C11H18N2OS. The maximum absolute atomic E-state index is 5.05. The highest BCUT2D eigenvalue weighted by atomic mass is 32.2. The number of thioether (sulfide) groups is 1. The maximum Gasteiger partial charge on any atom is 0.214 e. The second-order valence-corrected chi connectivity index (χ2v) is 4.44. The van der Waals surface area contributed by atoms with Crippen LogP contribution in [0.5, 0.6) is 5.88 Å². The van der Waals surface area contributed by atoms with Crippen molar-refractivity contribution in [3.05, 3.63) is 18.3 Å². The van der Waals surface area contributed by atoms with Gasteiger partial charge in [0.15, 0.2) is 0 Å². The van der Waals surface area contributed by atoms with Crippen molar-refractivity contribution in [3.8, 4) is 5.88 Å². The molecule has 1 aromatic heterocycles. The molecule has 0 saturated heterocycles. The topological polar surface area (TPSA) is 34.1 Å². The highest BCUT2D eigenvalue weighted by molar-refractivity contribution is 7.98. The molecule has 4 heteroatoms. The minimum absolute atomic E-state index is 0.650. The molecule has 15 heavy (non-hydrogen) atoms. The van der Waals surface area contributed by atoms with Gasteiger partial charge in [-0.15, -0.1) is 0 Å². The fraction of sp³-hybridized carbons (Fsp3) is 0.545. The highest BCUT2D eigenvalue weighted by Crippen LogP contribution is 2.14. The molecule has 0 aliphatic carbocycles. The zero-order valence-corrected chi connectivity index (χ0v) is 10.3. The van der Waals surface area contributed by atoms with Gasteiger partial charge in [0.2, 0.25) is 5.88 Å². The molecule has 1 heterocycles. The van der Waals surface area contributed by atoms with Crippen LogP contribution in [0.25, 0.3) is 0 Å². The third-order valence-electron chi connectivity index (χ3n) is 2.05. The number of ether oxygens (including phenoxy) is 1. The predicted molar refractivity (Wildman–Crippen MR) is 66.8 cm³/mol. The summed E-state index contributed by atoms with van der Waals surface area (Å²) < 4.78 is 5.05. The second kappa shape index (κ2) is 6.56. The van der Waals surface area contributed by atoms with Gasteiger partial charge in [-0.1, -0.05) is 6.92 Å². The van der Waals surface area contributed by atoms with Gasteiger partial charge in [0.05, 0.1) is 7.11 Å². The lowest BCUT2D eigenvalue weighted by Gasteiger charge is -2.12. The Kier molecular flexibility index (Phi) is 5.32. The fourth-order valence-corrected chi connectivity index (χ4v) is 1.95. The standard InChI is InChI=1S/C11H18N2OS/c1-9(8-15-3)7-13-10-4-5-12-11(6-10)14-2/h4-6,9H,7-8H2,1-3H3,(H,12,13). The summed E-state index contributed by atoms with van der Waals surface area (Å²) in [6.45, 7) is 3.22. The lowest BCUT2D eigenvalue weighted by Crippen LogP contribution is -2.13. The van der Waals surface area contributed by atoms with Gasteiger partial charge in [-0.2, -0.15) is 11.8 Å². The highest BCUT2D eigenvalue weighted by Gasteiger charge is 2.01. The summed E-state index contributed by atoms with van der Waals surface area (Å²) in [6, 6.07) is 3.86. The van der Waals surface area contributed by atoms with Crippen LogP contribution in [0.1, 0.15) is 6.92 Å². The Morgan fingerprint density at radius 2 is 2.40 bits per heavy atom. The van der Waals surface area contributed by atoms with E-state index in [1.165, 1.54) is 5.75 Å². The van der Waals surface area contributed by atoms with E-state index in [1.54, 1.807) is 13.3 Å². The Hall–Kier alpha value is -0.900. The van der Waals surface area contributed by atoms with Crippen LogP contribution in [0.2, 0.25) is 0 Å². The van der Waals surface area contributed by atoms with E-state index in [-0.39, 0.29) is 0 Å². The molecule has 84 valence electrons. The van der Waals surface area contributed by atoms with Gasteiger partial charge in [-0.3, -0.25) is 0 Å². The molecule has 0 fully saturated rings. The second-order valence-electron chi connectivity index (χ2n) is 3.53. The average Bonchev–Trinajstić information content (AvgIpc) is 2.27. The van der Waals surface area contributed by atoms with E-state index >= 15 is 0 Å². The Morgan fingerprint density at radius 1 is 1.60 bits per heavy atom. The average molecular weight is 226 g/mol. The quantitative estimate of drug-likeness (QED) is 0.808. The monoisotopic (exact) mass is 226 g/mol. The lowest BCUT2D eigenvalue weighted by molar-refractivity contribution is 0.398. The van der Waals surface area contributed by atoms with Gasteiger partial charge in [-0.25, -0.2) is 4.98 Å². The number of hydrogen-bond donors (Lipinski definition) is 1. The molecule has 0 amide bonds. The van der Waals surface area contributed by atoms with E-state index in [4.69, 9.17) is 4.74 Å². The minimum Gasteiger partial charge on any atom is -0.481 e. The molecule has 0 aliphatic heterocycles. The van der Waals surface area contributed by atoms with Crippen LogP contribution in [-0.4, -0.2) is 30.6 Å². The van der Waals surface area contributed by atoms with Crippen molar-refractivity contribution in [2.45, 2.75) is 6.92 Å². The van der Waals surface area contributed by atoms with Crippen LogP contribution >= 0.6 is 11.8 Å². The number of hydrogen-bond acceptors (Lipinski definition) is 4. The van der Waals surface area contributed by atoms with Crippen molar-refractivity contribution < 1.29 is 4.74 Å². The van der Waals surface area contributed by atoms with Crippen LogP contribution < -0.4 is 10.1 Å². The van der Waals surface area contributed by atoms with Crippen molar-refractivity contribution >= 4 is 17.4 Å². The Bertz CT molecular complexity index is 294. The molecule has 1 unspecified atom stereocenters. The third kappa shape index (κ3) is 4.42.